The summed E-state index contributed by atoms with van der Waals surface area (Å²) in [4.78, 5) is 0. The Bertz CT molecular complexity index is 1480. The predicted octanol–water partition coefficient (Wildman–Crippen LogP) is 5.56. The van der Waals surface area contributed by atoms with Crippen LogP contribution in [0, 0.1) is 13.8 Å². The van der Waals surface area contributed by atoms with E-state index in [0.717, 1.165) is 33.4 Å². The van der Waals surface area contributed by atoms with Gasteiger partial charge in [0.25, 0.3) is 0 Å². The monoisotopic (exact) mass is 432 g/mol. The highest BCUT2D eigenvalue weighted by Crippen LogP contribution is 2.28. The summed E-state index contributed by atoms with van der Waals surface area (Å²) in [6, 6.07) is 27.9. The van der Waals surface area contributed by atoms with Gasteiger partial charge >= 0.3 is 0 Å². The van der Waals surface area contributed by atoms with E-state index in [9.17, 15) is 0 Å². The second-order valence-electron chi connectivity index (χ2n) is 8.08. The Morgan fingerprint density at radius 1 is 0.545 bits per heavy atom. The van der Waals surface area contributed by atoms with Crippen molar-refractivity contribution < 1.29 is 4.74 Å². The van der Waals surface area contributed by atoms with E-state index < -0.39 is 0 Å². The Balaban J connectivity index is 1.29. The molecule has 0 saturated carbocycles. The molecule has 4 aromatic carbocycles. The van der Waals surface area contributed by atoms with Crippen LogP contribution in [0.1, 0.15) is 11.1 Å². The molecule has 6 rings (SSSR count). The highest BCUT2D eigenvalue weighted by atomic mass is 16.5. The number of fused-ring (bicyclic) bond motifs is 2. The Morgan fingerprint density at radius 3 is 1.39 bits per heavy atom. The van der Waals surface area contributed by atoms with E-state index in [0.29, 0.717) is 11.5 Å². The fourth-order valence-corrected chi connectivity index (χ4v) is 3.82. The maximum atomic E-state index is 6.10. The van der Waals surface area contributed by atoms with E-state index in [2.05, 4.69) is 58.7 Å². The van der Waals surface area contributed by atoms with Gasteiger partial charge in [-0.15, -0.1) is 10.2 Å². The Labute approximate surface area is 189 Å². The molecule has 0 saturated heterocycles. The first kappa shape index (κ1) is 19.2. The molecular formula is C26H20N6O. The molecule has 0 unspecified atom stereocenters. The maximum Gasteiger partial charge on any atom is 0.129 e. The molecule has 0 aliphatic rings. The minimum absolute atomic E-state index is 0.684. The van der Waals surface area contributed by atoms with Gasteiger partial charge in [-0.1, -0.05) is 45.8 Å². The molecule has 160 valence electrons. The predicted molar refractivity (Wildman–Crippen MR) is 127 cm³/mol. The summed E-state index contributed by atoms with van der Waals surface area (Å²) in [5.74, 6) is 1.37. The highest BCUT2D eigenvalue weighted by molar-refractivity contribution is 5.79. The zero-order chi connectivity index (χ0) is 22.4. The Kier molecular flexibility index (Phi) is 4.40. The molecule has 6 aromatic rings. The fourth-order valence-electron chi connectivity index (χ4n) is 3.82. The molecule has 2 aromatic heterocycles. The van der Waals surface area contributed by atoms with Gasteiger partial charge in [-0.25, -0.2) is 9.36 Å². The van der Waals surface area contributed by atoms with Gasteiger partial charge in [-0.3, -0.25) is 0 Å². The summed E-state index contributed by atoms with van der Waals surface area (Å²) in [7, 11) is 0. The Hall–Kier alpha value is -4.52. The van der Waals surface area contributed by atoms with E-state index >= 15 is 0 Å². The highest BCUT2D eigenvalue weighted by Gasteiger charge is 2.11. The first-order valence-corrected chi connectivity index (χ1v) is 10.7. The third kappa shape index (κ3) is 3.49. The van der Waals surface area contributed by atoms with Gasteiger partial charge in [0.15, 0.2) is 0 Å². The first-order valence-electron chi connectivity index (χ1n) is 10.7. The second kappa shape index (κ2) is 7.56. The smallest absolute Gasteiger partial charge is 0.129 e. The normalized spacial score (nSPS) is 11.3. The van der Waals surface area contributed by atoms with Crippen LogP contribution in [0.5, 0.6) is 11.5 Å². The maximum absolute atomic E-state index is 6.10. The molecule has 2 heterocycles. The van der Waals surface area contributed by atoms with Crippen molar-refractivity contribution in [2.45, 2.75) is 13.8 Å². The second-order valence-corrected chi connectivity index (χ2v) is 8.08. The molecule has 7 heteroatoms. The zero-order valence-corrected chi connectivity index (χ0v) is 18.2. The first-order chi connectivity index (χ1) is 16.1. The summed E-state index contributed by atoms with van der Waals surface area (Å²) >= 11 is 0. The lowest BCUT2D eigenvalue weighted by Gasteiger charge is -2.07. The SMILES string of the molecule is Cc1ccc(-n2nnc3cc(Oc4ccc5c(c4)nnn5-c4ccc(C)cc4)ccc32)cc1. The molecule has 0 spiro atoms. The molecule has 0 bridgehead atoms. The van der Waals surface area contributed by atoms with Crippen LogP contribution in [0.15, 0.2) is 84.9 Å². The molecule has 0 N–H and O–H groups in total. The van der Waals surface area contributed by atoms with E-state index in [1.54, 1.807) is 0 Å². The Morgan fingerprint density at radius 2 is 0.970 bits per heavy atom. The van der Waals surface area contributed by atoms with E-state index in [1.807, 2.05) is 70.0 Å². The van der Waals surface area contributed by atoms with Gasteiger partial charge in [0.05, 0.1) is 22.4 Å². The summed E-state index contributed by atoms with van der Waals surface area (Å²) in [6.07, 6.45) is 0. The lowest BCUT2D eigenvalue weighted by molar-refractivity contribution is 0.484. The molecule has 7 nitrogen and oxygen atoms in total. The number of rotatable bonds is 4. The number of nitrogens with zero attached hydrogens (tertiary/aromatic N) is 6. The zero-order valence-electron chi connectivity index (χ0n) is 18.2. The van der Waals surface area contributed by atoms with Crippen molar-refractivity contribution in [1.82, 2.24) is 30.0 Å². The number of aryl methyl sites for hydroxylation is 2. The van der Waals surface area contributed by atoms with Crippen LogP contribution < -0.4 is 4.74 Å². The fraction of sp³-hybridized carbons (Fsp3) is 0.0769. The van der Waals surface area contributed by atoms with Gasteiger partial charge < -0.3 is 4.74 Å². The number of ether oxygens (including phenoxy) is 1. The van der Waals surface area contributed by atoms with Crippen molar-refractivity contribution in [3.8, 4) is 22.9 Å². The van der Waals surface area contributed by atoms with Gasteiger partial charge in [0.2, 0.25) is 0 Å². The number of benzene rings is 4. The summed E-state index contributed by atoms with van der Waals surface area (Å²) < 4.78 is 9.76. The van der Waals surface area contributed by atoms with Crippen molar-refractivity contribution in [3.05, 3.63) is 96.1 Å². The van der Waals surface area contributed by atoms with Crippen LogP contribution >= 0.6 is 0 Å². The summed E-state index contributed by atoms with van der Waals surface area (Å²) in [6.45, 7) is 4.13. The van der Waals surface area contributed by atoms with Crippen LogP contribution in [0.4, 0.5) is 0 Å². The molecular weight excluding hydrogens is 412 g/mol. The van der Waals surface area contributed by atoms with Gasteiger partial charge in [0, 0.05) is 12.1 Å². The third-order valence-electron chi connectivity index (χ3n) is 5.63. The van der Waals surface area contributed by atoms with Crippen molar-refractivity contribution in [1.29, 1.82) is 0 Å². The van der Waals surface area contributed by atoms with Crippen LogP contribution in [0.3, 0.4) is 0 Å². The summed E-state index contributed by atoms with van der Waals surface area (Å²) in [5.41, 5.74) is 7.71. The van der Waals surface area contributed by atoms with E-state index in [-0.39, 0.29) is 0 Å². The van der Waals surface area contributed by atoms with Crippen molar-refractivity contribution in [2.75, 3.05) is 0 Å². The van der Waals surface area contributed by atoms with Crippen LogP contribution in [0.2, 0.25) is 0 Å². The lowest BCUT2D eigenvalue weighted by atomic mass is 10.2. The average molecular weight is 432 g/mol. The summed E-state index contributed by atoms with van der Waals surface area (Å²) in [5, 5.41) is 17.3. The number of hydrogen-bond acceptors (Lipinski definition) is 5. The van der Waals surface area contributed by atoms with Gasteiger partial charge in [-0.05, 0) is 62.4 Å². The van der Waals surface area contributed by atoms with Crippen LogP contribution in [-0.2, 0) is 0 Å². The van der Waals surface area contributed by atoms with Crippen molar-refractivity contribution >= 4 is 22.1 Å². The van der Waals surface area contributed by atoms with Crippen molar-refractivity contribution in [3.63, 3.8) is 0 Å². The van der Waals surface area contributed by atoms with Gasteiger partial charge in [0.1, 0.15) is 22.5 Å². The molecule has 0 amide bonds. The van der Waals surface area contributed by atoms with Crippen LogP contribution in [0.25, 0.3) is 33.4 Å². The molecule has 0 aliphatic heterocycles. The molecule has 0 atom stereocenters. The molecule has 0 radical (unpaired) electrons. The number of hydrogen-bond donors (Lipinski definition) is 0. The average Bonchev–Trinajstić information content (AvgIpc) is 3.44. The minimum Gasteiger partial charge on any atom is -0.457 e. The quantitative estimate of drug-likeness (QED) is 0.365. The standard InChI is InChI=1S/C26H20N6O/c1-17-3-7-19(8-4-17)31-25-13-11-21(15-23(25)27-29-31)33-22-12-14-26-24(16-22)28-30-32(26)20-9-5-18(2)6-10-20/h3-16H,1-2H3. The topological polar surface area (TPSA) is 70.7 Å². The van der Waals surface area contributed by atoms with Gasteiger partial charge in [-0.2, -0.15) is 0 Å². The molecule has 33 heavy (non-hydrogen) atoms. The van der Waals surface area contributed by atoms with E-state index in [1.165, 1.54) is 11.1 Å². The van der Waals surface area contributed by atoms with Crippen LogP contribution in [-0.4, -0.2) is 30.0 Å². The molecule has 0 fully saturated rings. The third-order valence-corrected chi connectivity index (χ3v) is 5.63. The largest absolute Gasteiger partial charge is 0.457 e. The van der Waals surface area contributed by atoms with Crippen molar-refractivity contribution in [2.24, 2.45) is 0 Å². The number of aromatic nitrogens is 6. The van der Waals surface area contributed by atoms with E-state index in [4.69, 9.17) is 4.74 Å². The lowest BCUT2D eigenvalue weighted by Crippen LogP contribution is -1.96. The molecule has 0 aliphatic carbocycles. The minimum atomic E-state index is 0.684.